The van der Waals surface area contributed by atoms with Gasteiger partial charge in [0.1, 0.15) is 0 Å². The summed E-state index contributed by atoms with van der Waals surface area (Å²) in [5.41, 5.74) is -1.40. The van der Waals surface area contributed by atoms with E-state index in [4.69, 9.17) is 5.11 Å². The lowest BCUT2D eigenvalue weighted by Gasteiger charge is -2.43. The molecule has 0 saturated heterocycles. The van der Waals surface area contributed by atoms with Crippen molar-refractivity contribution in [2.45, 2.75) is 88.2 Å². The number of amides is 3. The van der Waals surface area contributed by atoms with E-state index in [1.165, 1.54) is 24.3 Å². The Hall–Kier alpha value is -3.21. The Balaban J connectivity index is 1.54. The van der Waals surface area contributed by atoms with Gasteiger partial charge in [-0.25, -0.2) is 4.79 Å². The van der Waals surface area contributed by atoms with Crippen molar-refractivity contribution in [2.75, 3.05) is 11.9 Å². The zero-order chi connectivity index (χ0) is 30.7. The molecule has 7 nitrogen and oxygen atoms in total. The Kier molecular flexibility index (Phi) is 9.80. The van der Waals surface area contributed by atoms with Gasteiger partial charge in [0, 0.05) is 28.7 Å². The summed E-state index contributed by atoms with van der Waals surface area (Å²) in [7, 11) is 0. The highest BCUT2D eigenvalue weighted by Gasteiger charge is 2.39. The number of benzene rings is 2. The molecule has 1 unspecified atom stereocenters. The molecule has 0 bridgehead atoms. The van der Waals surface area contributed by atoms with E-state index in [0.29, 0.717) is 30.0 Å². The second kappa shape index (κ2) is 13.0. The van der Waals surface area contributed by atoms with Crippen LogP contribution in [0, 0.1) is 11.3 Å². The molecule has 4 rings (SSSR count). The highest BCUT2D eigenvalue weighted by atomic mass is 32.2. The van der Waals surface area contributed by atoms with Gasteiger partial charge in [-0.1, -0.05) is 26.8 Å². The molecule has 42 heavy (non-hydrogen) atoms. The Morgan fingerprint density at radius 2 is 1.64 bits per heavy atom. The molecule has 2 aromatic carbocycles. The first-order chi connectivity index (χ1) is 19.7. The van der Waals surface area contributed by atoms with E-state index >= 15 is 0 Å². The van der Waals surface area contributed by atoms with E-state index in [9.17, 15) is 27.6 Å². The van der Waals surface area contributed by atoms with Crippen LogP contribution >= 0.6 is 11.8 Å². The van der Waals surface area contributed by atoms with E-state index in [1.807, 2.05) is 17.0 Å². The standard InChI is InChI=1S/C31H38F3N3O4S/c1-30(2,3)21-6-10-23(11-7-21)37(29(41)36-22-8-12-24(13-9-22)42-31(32,33)34)26-15-5-19-18-20(4-14-25(19)26)28(40)35-17-16-27(38)39/h4,8-9,12-14,18,21,23,26H,5-7,10-11,15-17H2,1-3H3,(H,35,40)(H,36,41)(H,38,39). The van der Waals surface area contributed by atoms with Crippen LogP contribution in [0.25, 0.3) is 0 Å². The van der Waals surface area contributed by atoms with Gasteiger partial charge < -0.3 is 20.6 Å². The van der Waals surface area contributed by atoms with Crippen molar-refractivity contribution in [3.05, 3.63) is 59.2 Å². The number of carboxylic acids is 1. The number of alkyl halides is 3. The van der Waals surface area contributed by atoms with Crippen LogP contribution in [0.4, 0.5) is 23.7 Å². The average Bonchev–Trinajstić information content (AvgIpc) is 3.31. The molecule has 11 heteroatoms. The van der Waals surface area contributed by atoms with Crippen LogP contribution in [0.1, 0.15) is 86.8 Å². The van der Waals surface area contributed by atoms with Crippen molar-refractivity contribution in [1.29, 1.82) is 0 Å². The van der Waals surface area contributed by atoms with Gasteiger partial charge in [0.2, 0.25) is 0 Å². The van der Waals surface area contributed by atoms with Crippen molar-refractivity contribution in [3.8, 4) is 0 Å². The molecule has 3 N–H and O–H groups in total. The summed E-state index contributed by atoms with van der Waals surface area (Å²) in [6.45, 7) is 6.76. The zero-order valence-corrected chi connectivity index (χ0v) is 24.9. The molecular formula is C31H38F3N3O4S. The number of rotatable bonds is 8. The van der Waals surface area contributed by atoms with Crippen molar-refractivity contribution in [1.82, 2.24) is 10.2 Å². The highest BCUT2D eigenvalue weighted by Crippen LogP contribution is 2.44. The highest BCUT2D eigenvalue weighted by molar-refractivity contribution is 8.00. The molecule has 3 amide bonds. The van der Waals surface area contributed by atoms with Crippen LogP contribution in [-0.4, -0.2) is 46.0 Å². The summed E-state index contributed by atoms with van der Waals surface area (Å²) in [5.74, 6) is -0.779. The Labute approximate surface area is 248 Å². The fourth-order valence-corrected chi connectivity index (χ4v) is 6.66. The van der Waals surface area contributed by atoms with Gasteiger partial charge in [-0.05, 0) is 109 Å². The third kappa shape index (κ3) is 8.20. The van der Waals surface area contributed by atoms with Crippen LogP contribution in [0.2, 0.25) is 0 Å². The summed E-state index contributed by atoms with van der Waals surface area (Å²) in [4.78, 5) is 39.2. The van der Waals surface area contributed by atoms with Crippen LogP contribution < -0.4 is 10.6 Å². The molecule has 228 valence electrons. The van der Waals surface area contributed by atoms with Crippen molar-refractivity contribution < 1.29 is 32.7 Å². The number of thioether (sulfide) groups is 1. The molecule has 2 aliphatic carbocycles. The van der Waals surface area contributed by atoms with Crippen molar-refractivity contribution in [2.24, 2.45) is 11.3 Å². The third-order valence-corrected chi connectivity index (χ3v) is 9.04. The normalized spacial score (nSPS) is 20.5. The lowest BCUT2D eigenvalue weighted by Crippen LogP contribution is -2.47. The first-order valence-corrected chi connectivity index (χ1v) is 15.1. The maximum atomic E-state index is 13.9. The predicted molar refractivity (Wildman–Crippen MR) is 157 cm³/mol. The maximum Gasteiger partial charge on any atom is 0.446 e. The second-order valence-corrected chi connectivity index (χ2v) is 13.3. The summed E-state index contributed by atoms with van der Waals surface area (Å²) >= 11 is -0.197. The number of halogens is 3. The molecule has 1 atom stereocenters. The number of aryl methyl sites for hydroxylation is 1. The topological polar surface area (TPSA) is 98.7 Å². The summed E-state index contributed by atoms with van der Waals surface area (Å²) in [5, 5.41) is 14.4. The molecule has 0 aromatic heterocycles. The van der Waals surface area contributed by atoms with E-state index in [2.05, 4.69) is 31.4 Å². The predicted octanol–water partition coefficient (Wildman–Crippen LogP) is 7.63. The summed E-state index contributed by atoms with van der Waals surface area (Å²) in [6.07, 6.45) is 4.91. The van der Waals surface area contributed by atoms with Gasteiger partial charge in [-0.2, -0.15) is 13.2 Å². The number of anilines is 1. The van der Waals surface area contributed by atoms with Gasteiger partial charge in [-0.3, -0.25) is 9.59 Å². The maximum absolute atomic E-state index is 13.9. The number of hydrogen-bond donors (Lipinski definition) is 3. The first kappa shape index (κ1) is 31.7. The molecule has 2 aliphatic rings. The van der Waals surface area contributed by atoms with Crippen LogP contribution in [0.5, 0.6) is 0 Å². The Bertz CT molecular complexity index is 1290. The molecule has 1 saturated carbocycles. The summed E-state index contributed by atoms with van der Waals surface area (Å²) in [6, 6.07) is 10.6. The average molecular weight is 606 g/mol. The number of nitrogens with zero attached hydrogens (tertiary/aromatic N) is 1. The smallest absolute Gasteiger partial charge is 0.446 e. The van der Waals surface area contributed by atoms with Gasteiger partial charge in [-0.15, -0.1) is 0 Å². The van der Waals surface area contributed by atoms with Crippen molar-refractivity contribution in [3.63, 3.8) is 0 Å². The monoisotopic (exact) mass is 605 g/mol. The minimum absolute atomic E-state index is 0.00129. The molecule has 0 radical (unpaired) electrons. The third-order valence-electron chi connectivity index (χ3n) is 8.30. The van der Waals surface area contributed by atoms with E-state index in [-0.39, 0.29) is 59.1 Å². The van der Waals surface area contributed by atoms with Gasteiger partial charge in [0.25, 0.3) is 5.91 Å². The number of aliphatic carboxylic acids is 1. The molecule has 0 aliphatic heterocycles. The molecule has 1 fully saturated rings. The number of fused-ring (bicyclic) bond motifs is 1. The van der Waals surface area contributed by atoms with Crippen molar-refractivity contribution >= 4 is 35.4 Å². The first-order valence-electron chi connectivity index (χ1n) is 14.3. The summed E-state index contributed by atoms with van der Waals surface area (Å²) < 4.78 is 38.3. The number of urea groups is 1. The number of nitrogens with one attached hydrogen (secondary N) is 2. The van der Waals surface area contributed by atoms with Crippen LogP contribution in [0.15, 0.2) is 47.4 Å². The molecule has 0 spiro atoms. The Morgan fingerprint density at radius 3 is 2.24 bits per heavy atom. The second-order valence-electron chi connectivity index (χ2n) is 12.1. The fourth-order valence-electron chi connectivity index (χ4n) is 6.12. The van der Waals surface area contributed by atoms with Gasteiger partial charge in [0.05, 0.1) is 12.5 Å². The number of hydrogen-bond acceptors (Lipinski definition) is 4. The number of carbonyl (C=O) groups is 3. The number of carboxylic acid groups (broad SMARTS) is 1. The fraction of sp³-hybridized carbons (Fsp3) is 0.516. The van der Waals surface area contributed by atoms with Gasteiger partial charge >= 0.3 is 17.5 Å². The number of carbonyl (C=O) groups excluding carboxylic acids is 2. The van der Waals surface area contributed by atoms with E-state index in [1.54, 1.807) is 6.07 Å². The molecule has 0 heterocycles. The molecular weight excluding hydrogens is 567 g/mol. The minimum atomic E-state index is -4.39. The zero-order valence-electron chi connectivity index (χ0n) is 24.1. The van der Waals surface area contributed by atoms with E-state index < -0.39 is 11.5 Å². The van der Waals surface area contributed by atoms with Gasteiger partial charge in [0.15, 0.2) is 0 Å². The molecule has 2 aromatic rings. The lowest BCUT2D eigenvalue weighted by molar-refractivity contribution is -0.136. The SMILES string of the molecule is CC(C)(C)C1CCC(N(C(=O)Nc2ccc(SC(F)(F)F)cc2)C2CCc3cc(C(=O)NCCC(=O)O)ccc32)CC1. The Morgan fingerprint density at radius 1 is 0.976 bits per heavy atom. The van der Waals surface area contributed by atoms with Crippen LogP contribution in [0.3, 0.4) is 0 Å². The largest absolute Gasteiger partial charge is 0.481 e. The lowest BCUT2D eigenvalue weighted by atomic mass is 9.71. The minimum Gasteiger partial charge on any atom is -0.481 e. The van der Waals surface area contributed by atoms with E-state index in [0.717, 1.165) is 36.8 Å². The quantitative estimate of drug-likeness (QED) is 0.269. The van der Waals surface area contributed by atoms with Crippen LogP contribution in [-0.2, 0) is 11.2 Å².